The van der Waals surface area contributed by atoms with Crippen molar-refractivity contribution in [3.63, 3.8) is 0 Å². The molecular formula is C21H33N5O3. The van der Waals surface area contributed by atoms with Crippen LogP contribution in [-0.2, 0) is 15.0 Å². The highest BCUT2D eigenvalue weighted by atomic mass is 16.6. The van der Waals surface area contributed by atoms with E-state index >= 15 is 0 Å². The Morgan fingerprint density at radius 3 is 2.62 bits per heavy atom. The summed E-state index contributed by atoms with van der Waals surface area (Å²) in [5.41, 5.74) is 6.03. The minimum atomic E-state index is -0.506. The second-order valence-electron chi connectivity index (χ2n) is 9.74. The Morgan fingerprint density at radius 1 is 1.31 bits per heavy atom. The third-order valence-corrected chi connectivity index (χ3v) is 5.82. The smallest absolute Gasteiger partial charge is 0.410 e. The maximum atomic E-state index is 12.9. The molecule has 4 rings (SSSR count). The minimum Gasteiger partial charge on any atom is -0.444 e. The summed E-state index contributed by atoms with van der Waals surface area (Å²) in [7, 11) is 0. The fourth-order valence-electron chi connectivity index (χ4n) is 3.92. The van der Waals surface area contributed by atoms with Crippen LogP contribution in [0.1, 0.15) is 52.1 Å². The van der Waals surface area contributed by atoms with Gasteiger partial charge < -0.3 is 25.0 Å². The predicted octanol–water partition coefficient (Wildman–Crippen LogP) is 2.28. The number of anilines is 1. The number of aromatic nitrogens is 2. The summed E-state index contributed by atoms with van der Waals surface area (Å²) >= 11 is 0. The van der Waals surface area contributed by atoms with Gasteiger partial charge in [0.25, 0.3) is 0 Å². The number of piperidine rings is 1. The molecule has 3 fully saturated rings. The van der Waals surface area contributed by atoms with E-state index in [9.17, 15) is 4.79 Å². The monoisotopic (exact) mass is 403 g/mol. The van der Waals surface area contributed by atoms with Crippen molar-refractivity contribution in [2.75, 3.05) is 37.7 Å². The van der Waals surface area contributed by atoms with Gasteiger partial charge in [-0.25, -0.2) is 4.79 Å². The number of rotatable bonds is 5. The van der Waals surface area contributed by atoms with Gasteiger partial charge in [0.2, 0.25) is 0 Å². The van der Waals surface area contributed by atoms with Crippen LogP contribution in [0.5, 0.6) is 0 Å². The molecule has 1 aromatic heterocycles. The third-order valence-electron chi connectivity index (χ3n) is 5.82. The Hall–Kier alpha value is -1.93. The quantitative estimate of drug-likeness (QED) is 0.806. The summed E-state index contributed by atoms with van der Waals surface area (Å²) in [4.78, 5) is 17.1. The van der Waals surface area contributed by atoms with Crippen molar-refractivity contribution >= 4 is 11.9 Å². The molecule has 160 valence electrons. The standard InChI is InChI=1S/C21H33N5O3/c1-20(2,3)29-19(27)26(11-15-6-7-15)16-5-4-10-25(12-16)18-9-8-17(23-24-18)21(22)13-28-14-21/h8-9,15-16H,4-7,10-14,22H2,1-3H3/t16-/m1/s1. The largest absolute Gasteiger partial charge is 0.444 e. The van der Waals surface area contributed by atoms with Gasteiger partial charge in [-0.15, -0.1) is 5.10 Å². The number of amides is 1. The molecule has 8 nitrogen and oxygen atoms in total. The van der Waals surface area contributed by atoms with Gasteiger partial charge in [0.15, 0.2) is 5.82 Å². The first-order valence-corrected chi connectivity index (χ1v) is 10.7. The molecule has 0 radical (unpaired) electrons. The molecule has 1 aromatic rings. The first-order chi connectivity index (χ1) is 13.7. The Kier molecular flexibility index (Phi) is 5.42. The maximum Gasteiger partial charge on any atom is 0.410 e. The lowest BCUT2D eigenvalue weighted by atomic mass is 9.94. The van der Waals surface area contributed by atoms with Crippen LogP contribution in [0.4, 0.5) is 10.6 Å². The van der Waals surface area contributed by atoms with Crippen molar-refractivity contribution in [3.8, 4) is 0 Å². The van der Waals surface area contributed by atoms with Crippen LogP contribution < -0.4 is 10.6 Å². The van der Waals surface area contributed by atoms with Gasteiger partial charge >= 0.3 is 6.09 Å². The van der Waals surface area contributed by atoms with Crippen molar-refractivity contribution in [2.24, 2.45) is 11.7 Å². The topological polar surface area (TPSA) is 93.8 Å². The van der Waals surface area contributed by atoms with E-state index in [2.05, 4.69) is 15.1 Å². The van der Waals surface area contributed by atoms with Gasteiger partial charge in [-0.2, -0.15) is 5.10 Å². The van der Waals surface area contributed by atoms with Gasteiger partial charge in [-0.1, -0.05) is 0 Å². The maximum absolute atomic E-state index is 12.9. The van der Waals surface area contributed by atoms with Crippen LogP contribution in [0.25, 0.3) is 0 Å². The summed E-state index contributed by atoms with van der Waals surface area (Å²) in [6.45, 7) is 9.17. The molecule has 29 heavy (non-hydrogen) atoms. The molecule has 2 saturated heterocycles. The minimum absolute atomic E-state index is 0.126. The zero-order chi connectivity index (χ0) is 20.6. The molecule has 1 atom stereocenters. The lowest BCUT2D eigenvalue weighted by molar-refractivity contribution is -0.0594. The van der Waals surface area contributed by atoms with Gasteiger partial charge in [0, 0.05) is 19.6 Å². The van der Waals surface area contributed by atoms with Crippen LogP contribution >= 0.6 is 0 Å². The third kappa shape index (κ3) is 4.80. The summed E-state index contributed by atoms with van der Waals surface area (Å²) < 4.78 is 10.9. The Balaban J connectivity index is 1.44. The highest BCUT2D eigenvalue weighted by Gasteiger charge is 2.39. The van der Waals surface area contributed by atoms with Crippen molar-refractivity contribution in [2.45, 2.75) is 63.6 Å². The number of hydrogen-bond acceptors (Lipinski definition) is 7. The van der Waals surface area contributed by atoms with Crippen LogP contribution in [0.2, 0.25) is 0 Å². The molecule has 0 bridgehead atoms. The summed E-state index contributed by atoms with van der Waals surface area (Å²) in [5.74, 6) is 1.44. The average molecular weight is 404 g/mol. The molecule has 8 heteroatoms. The Morgan fingerprint density at radius 2 is 2.07 bits per heavy atom. The van der Waals surface area contributed by atoms with Gasteiger partial charge in [-0.3, -0.25) is 0 Å². The lowest BCUT2D eigenvalue weighted by Crippen LogP contribution is -2.55. The molecule has 0 aromatic carbocycles. The van der Waals surface area contributed by atoms with E-state index < -0.39 is 11.1 Å². The van der Waals surface area contributed by atoms with Crippen molar-refractivity contribution in [1.82, 2.24) is 15.1 Å². The van der Waals surface area contributed by atoms with E-state index in [0.29, 0.717) is 19.1 Å². The number of carbonyl (C=O) groups is 1. The summed E-state index contributed by atoms with van der Waals surface area (Å²) in [6.07, 6.45) is 4.19. The molecule has 1 saturated carbocycles. The lowest BCUT2D eigenvalue weighted by Gasteiger charge is -2.40. The molecular weight excluding hydrogens is 370 g/mol. The van der Waals surface area contributed by atoms with Crippen molar-refractivity contribution in [3.05, 3.63) is 17.8 Å². The number of hydrogen-bond donors (Lipinski definition) is 1. The summed E-state index contributed by atoms with van der Waals surface area (Å²) in [5, 5.41) is 8.79. The molecule has 2 aliphatic heterocycles. The highest BCUT2D eigenvalue weighted by Crippen LogP contribution is 2.33. The van der Waals surface area contributed by atoms with Crippen LogP contribution in [0.3, 0.4) is 0 Å². The van der Waals surface area contributed by atoms with E-state index in [-0.39, 0.29) is 12.1 Å². The zero-order valence-electron chi connectivity index (χ0n) is 17.8. The van der Waals surface area contributed by atoms with E-state index in [1.54, 1.807) is 0 Å². The van der Waals surface area contributed by atoms with E-state index in [1.807, 2.05) is 37.8 Å². The Labute approximate surface area is 172 Å². The van der Waals surface area contributed by atoms with Crippen LogP contribution in [0, 0.1) is 5.92 Å². The molecule has 2 N–H and O–H groups in total. The highest BCUT2D eigenvalue weighted by molar-refractivity contribution is 5.69. The molecule has 0 spiro atoms. The van der Waals surface area contributed by atoms with E-state index in [1.165, 1.54) is 12.8 Å². The van der Waals surface area contributed by atoms with Gasteiger partial charge in [0.05, 0.1) is 24.9 Å². The number of ether oxygens (including phenoxy) is 2. The number of nitrogens with zero attached hydrogens (tertiary/aromatic N) is 4. The second kappa shape index (κ2) is 7.72. The van der Waals surface area contributed by atoms with Crippen molar-refractivity contribution < 1.29 is 14.3 Å². The summed E-state index contributed by atoms with van der Waals surface area (Å²) in [6, 6.07) is 4.06. The Bertz CT molecular complexity index is 725. The van der Waals surface area contributed by atoms with E-state index in [4.69, 9.17) is 15.2 Å². The molecule has 3 heterocycles. The molecule has 1 amide bonds. The average Bonchev–Trinajstić information content (AvgIpc) is 3.47. The van der Waals surface area contributed by atoms with Gasteiger partial charge in [-0.05, 0) is 64.5 Å². The molecule has 0 unspecified atom stereocenters. The van der Waals surface area contributed by atoms with Crippen LogP contribution in [-0.4, -0.2) is 65.7 Å². The SMILES string of the molecule is CC(C)(C)OC(=O)N(CC1CC1)[C@@H]1CCCN(c2ccc(C3(N)COC3)nn2)C1. The predicted molar refractivity (Wildman–Crippen MR) is 110 cm³/mol. The molecule has 3 aliphatic rings. The molecule has 1 aliphatic carbocycles. The van der Waals surface area contributed by atoms with Crippen molar-refractivity contribution in [1.29, 1.82) is 0 Å². The first kappa shape index (κ1) is 20.3. The normalized spacial score (nSPS) is 24.0. The van der Waals surface area contributed by atoms with Crippen LogP contribution in [0.15, 0.2) is 12.1 Å². The van der Waals surface area contributed by atoms with Gasteiger partial charge in [0.1, 0.15) is 11.1 Å². The van der Waals surface area contributed by atoms with E-state index in [0.717, 1.165) is 44.0 Å². The second-order valence-corrected chi connectivity index (χ2v) is 9.74. The number of nitrogens with two attached hydrogens (primary N) is 1. The fourth-order valence-corrected chi connectivity index (χ4v) is 3.92. The zero-order valence-corrected chi connectivity index (χ0v) is 17.8. The number of carbonyl (C=O) groups excluding carboxylic acids is 1. The first-order valence-electron chi connectivity index (χ1n) is 10.7. The fraction of sp³-hybridized carbons (Fsp3) is 0.762.